The zero-order valence-electron chi connectivity index (χ0n) is 13.8. The van der Waals surface area contributed by atoms with E-state index in [-0.39, 0.29) is 11.9 Å². The molecule has 24 heavy (non-hydrogen) atoms. The largest absolute Gasteiger partial charge is 0.381 e. The number of pyridine rings is 1. The standard InChI is InChI=1S/C17H22N4O2S/c1-2-4-14-16(24-21-20-14)17(22)19-15(12-6-9-23-10-7-12)13-5-3-8-18-11-13/h3,5,8,11-12,15H,2,4,6-7,9-10H2,1H3,(H,19,22)/t15-/m1/s1. The summed E-state index contributed by atoms with van der Waals surface area (Å²) < 4.78 is 9.42. The van der Waals surface area contributed by atoms with Crippen LogP contribution >= 0.6 is 11.5 Å². The van der Waals surface area contributed by atoms with Crippen LogP contribution in [0.5, 0.6) is 0 Å². The monoisotopic (exact) mass is 346 g/mol. The quantitative estimate of drug-likeness (QED) is 0.870. The number of aryl methyl sites for hydroxylation is 1. The number of nitrogens with one attached hydrogen (secondary N) is 1. The van der Waals surface area contributed by atoms with E-state index in [1.165, 1.54) is 11.5 Å². The summed E-state index contributed by atoms with van der Waals surface area (Å²) in [6.07, 6.45) is 7.16. The maximum absolute atomic E-state index is 12.8. The first-order valence-corrected chi connectivity index (χ1v) is 9.16. The number of hydrogen-bond acceptors (Lipinski definition) is 6. The lowest BCUT2D eigenvalue weighted by atomic mass is 9.87. The topological polar surface area (TPSA) is 77.0 Å². The molecule has 0 unspecified atom stereocenters. The minimum atomic E-state index is -0.0891. The van der Waals surface area contributed by atoms with Gasteiger partial charge in [-0.1, -0.05) is 23.9 Å². The van der Waals surface area contributed by atoms with Gasteiger partial charge in [0, 0.05) is 25.6 Å². The van der Waals surface area contributed by atoms with Crippen molar-refractivity contribution in [3.8, 4) is 0 Å². The van der Waals surface area contributed by atoms with Crippen molar-refractivity contribution in [3.05, 3.63) is 40.7 Å². The van der Waals surface area contributed by atoms with Crippen molar-refractivity contribution in [1.82, 2.24) is 19.9 Å². The molecule has 1 saturated heterocycles. The van der Waals surface area contributed by atoms with Crippen molar-refractivity contribution in [2.75, 3.05) is 13.2 Å². The maximum Gasteiger partial charge on any atom is 0.265 e. The van der Waals surface area contributed by atoms with Gasteiger partial charge in [-0.25, -0.2) is 0 Å². The highest BCUT2D eigenvalue weighted by atomic mass is 32.1. The van der Waals surface area contributed by atoms with Gasteiger partial charge in [-0.2, -0.15) is 0 Å². The molecule has 1 fully saturated rings. The van der Waals surface area contributed by atoms with Crippen LogP contribution in [0.25, 0.3) is 0 Å². The molecular formula is C17H22N4O2S. The summed E-state index contributed by atoms with van der Waals surface area (Å²) in [6, 6.07) is 3.86. The summed E-state index contributed by atoms with van der Waals surface area (Å²) in [6.45, 7) is 3.54. The fourth-order valence-corrected chi connectivity index (χ4v) is 3.68. The molecule has 7 heteroatoms. The molecule has 1 amide bonds. The molecule has 128 valence electrons. The van der Waals surface area contributed by atoms with Gasteiger partial charge < -0.3 is 10.1 Å². The molecule has 1 N–H and O–H groups in total. The molecule has 6 nitrogen and oxygen atoms in total. The van der Waals surface area contributed by atoms with Gasteiger partial charge in [-0.05, 0) is 48.3 Å². The first kappa shape index (κ1) is 17.0. The molecule has 0 aliphatic carbocycles. The summed E-state index contributed by atoms with van der Waals surface area (Å²) in [5.41, 5.74) is 1.82. The molecule has 3 heterocycles. The zero-order valence-corrected chi connectivity index (χ0v) is 14.6. The zero-order chi connectivity index (χ0) is 16.8. The molecule has 0 saturated carbocycles. The average Bonchev–Trinajstić information content (AvgIpc) is 3.10. The van der Waals surface area contributed by atoms with Crippen LogP contribution in [0, 0.1) is 5.92 Å². The Morgan fingerprint density at radius 1 is 1.46 bits per heavy atom. The Morgan fingerprint density at radius 2 is 2.29 bits per heavy atom. The van der Waals surface area contributed by atoms with Crippen molar-refractivity contribution in [3.63, 3.8) is 0 Å². The lowest BCUT2D eigenvalue weighted by molar-refractivity contribution is 0.0514. The number of carbonyl (C=O) groups is 1. The van der Waals surface area contributed by atoms with Crippen LogP contribution < -0.4 is 5.32 Å². The van der Waals surface area contributed by atoms with E-state index in [2.05, 4.69) is 26.8 Å². The van der Waals surface area contributed by atoms with Crippen molar-refractivity contribution >= 4 is 17.4 Å². The summed E-state index contributed by atoms with van der Waals surface area (Å²) in [5, 5.41) is 7.30. The van der Waals surface area contributed by atoms with E-state index >= 15 is 0 Å². The van der Waals surface area contributed by atoms with Gasteiger partial charge in [0.2, 0.25) is 0 Å². The van der Waals surface area contributed by atoms with E-state index in [4.69, 9.17) is 4.74 Å². The van der Waals surface area contributed by atoms with E-state index in [9.17, 15) is 4.79 Å². The third-order valence-electron chi connectivity index (χ3n) is 4.32. The molecule has 0 bridgehead atoms. The molecule has 1 aliphatic rings. The lowest BCUT2D eigenvalue weighted by Gasteiger charge is -2.31. The SMILES string of the molecule is CCCc1nnsc1C(=O)N[C@@H](c1cccnc1)C1CCOCC1. The fraction of sp³-hybridized carbons (Fsp3) is 0.529. The average molecular weight is 346 g/mol. The Bertz CT molecular complexity index is 656. The maximum atomic E-state index is 12.8. The highest BCUT2D eigenvalue weighted by molar-refractivity contribution is 7.08. The Hall–Kier alpha value is -1.86. The summed E-state index contributed by atoms with van der Waals surface area (Å²) in [4.78, 5) is 17.6. The van der Waals surface area contributed by atoms with Gasteiger partial charge in [0.15, 0.2) is 0 Å². The second-order valence-corrected chi connectivity index (χ2v) is 6.74. The normalized spacial score (nSPS) is 16.7. The van der Waals surface area contributed by atoms with Crippen molar-refractivity contribution in [2.24, 2.45) is 5.92 Å². The van der Waals surface area contributed by atoms with Crippen molar-refractivity contribution in [1.29, 1.82) is 0 Å². The third-order valence-corrected chi connectivity index (χ3v) is 5.08. The molecule has 1 atom stereocenters. The minimum absolute atomic E-state index is 0.0633. The molecule has 3 rings (SSSR count). The molecule has 0 spiro atoms. The summed E-state index contributed by atoms with van der Waals surface area (Å²) in [5.74, 6) is 0.260. The van der Waals surface area contributed by atoms with E-state index in [1.54, 1.807) is 6.20 Å². The van der Waals surface area contributed by atoms with Crippen LogP contribution in [-0.2, 0) is 11.2 Å². The molecule has 2 aromatic heterocycles. The Kier molecular flexibility index (Phi) is 5.87. The Morgan fingerprint density at radius 3 is 3.00 bits per heavy atom. The van der Waals surface area contributed by atoms with Crippen LogP contribution in [-0.4, -0.2) is 33.7 Å². The predicted octanol–water partition coefficient (Wildman–Crippen LogP) is 2.78. The van der Waals surface area contributed by atoms with Crippen LogP contribution in [0.4, 0.5) is 0 Å². The van der Waals surface area contributed by atoms with Crippen LogP contribution in [0.2, 0.25) is 0 Å². The molecule has 0 radical (unpaired) electrons. The van der Waals surface area contributed by atoms with Crippen molar-refractivity contribution in [2.45, 2.75) is 38.6 Å². The van der Waals surface area contributed by atoms with E-state index in [0.717, 1.165) is 50.2 Å². The first-order valence-electron chi connectivity index (χ1n) is 8.39. The minimum Gasteiger partial charge on any atom is -0.381 e. The molecule has 2 aromatic rings. The predicted molar refractivity (Wildman–Crippen MR) is 91.9 cm³/mol. The number of hydrogen-bond donors (Lipinski definition) is 1. The fourth-order valence-electron chi connectivity index (χ4n) is 3.07. The van der Waals surface area contributed by atoms with Gasteiger partial charge in [-0.15, -0.1) is 5.10 Å². The number of rotatable bonds is 6. The van der Waals surface area contributed by atoms with Gasteiger partial charge in [-0.3, -0.25) is 9.78 Å². The number of ether oxygens (including phenoxy) is 1. The van der Waals surface area contributed by atoms with E-state index in [1.807, 2.05) is 18.3 Å². The highest BCUT2D eigenvalue weighted by Gasteiger charge is 2.28. The first-order chi connectivity index (χ1) is 11.8. The molecular weight excluding hydrogens is 324 g/mol. The number of aromatic nitrogens is 3. The van der Waals surface area contributed by atoms with Gasteiger partial charge >= 0.3 is 0 Å². The second-order valence-electron chi connectivity index (χ2n) is 5.99. The highest BCUT2D eigenvalue weighted by Crippen LogP contribution is 2.30. The van der Waals surface area contributed by atoms with Crippen LogP contribution in [0.1, 0.15) is 53.2 Å². The Labute approximate surface area is 145 Å². The van der Waals surface area contributed by atoms with Gasteiger partial charge in [0.05, 0.1) is 11.7 Å². The van der Waals surface area contributed by atoms with Crippen LogP contribution in [0.3, 0.4) is 0 Å². The second kappa shape index (κ2) is 8.30. The third kappa shape index (κ3) is 3.96. The smallest absolute Gasteiger partial charge is 0.265 e. The van der Waals surface area contributed by atoms with Crippen molar-refractivity contribution < 1.29 is 9.53 Å². The lowest BCUT2D eigenvalue weighted by Crippen LogP contribution is -2.36. The number of nitrogens with zero attached hydrogens (tertiary/aromatic N) is 3. The summed E-state index contributed by atoms with van der Waals surface area (Å²) in [7, 11) is 0. The van der Waals surface area contributed by atoms with E-state index in [0.29, 0.717) is 10.8 Å². The molecule has 1 aliphatic heterocycles. The number of carbonyl (C=O) groups excluding carboxylic acids is 1. The Balaban J connectivity index is 1.80. The van der Waals surface area contributed by atoms with Crippen LogP contribution in [0.15, 0.2) is 24.5 Å². The molecule has 0 aromatic carbocycles. The summed E-state index contributed by atoms with van der Waals surface area (Å²) >= 11 is 1.17. The number of amides is 1. The van der Waals surface area contributed by atoms with Gasteiger partial charge in [0.25, 0.3) is 5.91 Å². The van der Waals surface area contributed by atoms with Gasteiger partial charge in [0.1, 0.15) is 4.88 Å². The van der Waals surface area contributed by atoms with E-state index < -0.39 is 0 Å².